The molecule has 0 atom stereocenters. The molecule has 17 heavy (non-hydrogen) atoms. The monoisotopic (exact) mass is 245 g/mol. The zero-order valence-corrected chi connectivity index (χ0v) is 10.1. The maximum atomic E-state index is 5.66. The van der Waals surface area contributed by atoms with Crippen LogP contribution in [0.2, 0.25) is 0 Å². The maximum Gasteiger partial charge on any atom is 0.247 e. The van der Waals surface area contributed by atoms with Crippen molar-refractivity contribution < 1.29 is 4.42 Å². The van der Waals surface area contributed by atoms with E-state index < -0.39 is 0 Å². The topological polar surface area (TPSA) is 64.9 Å². The molecule has 0 spiro atoms. The molecule has 3 aromatic rings. The number of aryl methyl sites for hydroxylation is 1. The van der Waals surface area contributed by atoms with Crippen LogP contribution in [0, 0.1) is 6.92 Å². The molecule has 0 bridgehead atoms. The first-order chi connectivity index (χ1) is 8.26. The zero-order valence-electron chi connectivity index (χ0n) is 9.30. The lowest BCUT2D eigenvalue weighted by atomic mass is 10.2. The number of rotatable bonds is 2. The summed E-state index contributed by atoms with van der Waals surface area (Å²) in [6.07, 6.45) is 0. The number of hydrogen-bond donors (Lipinski definition) is 1. The lowest BCUT2D eigenvalue weighted by molar-refractivity contribution is 0.617. The van der Waals surface area contributed by atoms with Gasteiger partial charge < -0.3 is 10.2 Å². The second-order valence-corrected chi connectivity index (χ2v) is 4.76. The first-order valence-electron chi connectivity index (χ1n) is 5.28. The third kappa shape index (κ3) is 1.83. The van der Waals surface area contributed by atoms with Gasteiger partial charge in [0.15, 0.2) is 5.58 Å². The predicted octanol–water partition coefficient (Wildman–Crippen LogP) is 2.72. The summed E-state index contributed by atoms with van der Waals surface area (Å²) in [5.41, 5.74) is 9.10. The summed E-state index contributed by atoms with van der Waals surface area (Å²) in [7, 11) is 0. The van der Waals surface area contributed by atoms with E-state index in [-0.39, 0.29) is 0 Å². The highest BCUT2D eigenvalue weighted by atomic mass is 32.1. The maximum absolute atomic E-state index is 5.66. The molecule has 0 aliphatic carbocycles. The van der Waals surface area contributed by atoms with Crippen LogP contribution in [0.25, 0.3) is 22.7 Å². The Morgan fingerprint density at radius 2 is 2.24 bits per heavy atom. The molecule has 2 heterocycles. The zero-order chi connectivity index (χ0) is 11.8. The molecule has 0 saturated carbocycles. The van der Waals surface area contributed by atoms with Crippen molar-refractivity contribution in [2.75, 3.05) is 0 Å². The van der Waals surface area contributed by atoms with Crippen molar-refractivity contribution in [1.82, 2.24) is 9.97 Å². The molecule has 86 valence electrons. The second-order valence-electron chi connectivity index (χ2n) is 3.82. The second kappa shape index (κ2) is 3.94. The van der Waals surface area contributed by atoms with E-state index in [0.29, 0.717) is 12.4 Å². The summed E-state index contributed by atoms with van der Waals surface area (Å²) in [6, 6.07) is 5.93. The summed E-state index contributed by atoms with van der Waals surface area (Å²) < 4.78 is 5.66. The van der Waals surface area contributed by atoms with Gasteiger partial charge in [0.05, 0.1) is 0 Å². The van der Waals surface area contributed by atoms with Crippen molar-refractivity contribution in [3.8, 4) is 11.6 Å². The van der Waals surface area contributed by atoms with Gasteiger partial charge in [-0.1, -0.05) is 6.07 Å². The van der Waals surface area contributed by atoms with Crippen LogP contribution < -0.4 is 5.73 Å². The van der Waals surface area contributed by atoms with Crippen LogP contribution in [0.1, 0.15) is 10.6 Å². The standard InChI is InChI=1S/C12H11N3OS/c1-7-2-3-10-8(4-7)15-12(16-10)9-6-17-11(5-13)14-9/h2-4,6H,5,13H2,1H3. The van der Waals surface area contributed by atoms with Gasteiger partial charge in [-0.05, 0) is 24.6 Å². The minimum absolute atomic E-state index is 0.448. The van der Waals surface area contributed by atoms with Gasteiger partial charge in [0.2, 0.25) is 5.89 Å². The van der Waals surface area contributed by atoms with Gasteiger partial charge in [-0.3, -0.25) is 0 Å². The molecular formula is C12H11N3OS. The van der Waals surface area contributed by atoms with Crippen molar-refractivity contribution in [2.45, 2.75) is 13.5 Å². The highest BCUT2D eigenvalue weighted by Crippen LogP contribution is 2.25. The molecule has 0 amide bonds. The van der Waals surface area contributed by atoms with Crippen LogP contribution in [0.3, 0.4) is 0 Å². The first-order valence-corrected chi connectivity index (χ1v) is 6.16. The fourth-order valence-electron chi connectivity index (χ4n) is 1.65. The molecule has 0 fully saturated rings. The molecule has 4 nitrogen and oxygen atoms in total. The van der Waals surface area contributed by atoms with E-state index in [4.69, 9.17) is 10.2 Å². The van der Waals surface area contributed by atoms with Gasteiger partial charge in [0.1, 0.15) is 16.2 Å². The van der Waals surface area contributed by atoms with E-state index in [2.05, 4.69) is 9.97 Å². The van der Waals surface area contributed by atoms with Crippen LogP contribution >= 0.6 is 11.3 Å². The van der Waals surface area contributed by atoms with Crippen molar-refractivity contribution in [3.63, 3.8) is 0 Å². The summed E-state index contributed by atoms with van der Waals surface area (Å²) in [5, 5.41) is 2.80. The molecule has 0 aliphatic heterocycles. The summed E-state index contributed by atoms with van der Waals surface area (Å²) in [6.45, 7) is 2.48. The first kappa shape index (κ1) is 10.4. The van der Waals surface area contributed by atoms with E-state index >= 15 is 0 Å². The molecule has 3 rings (SSSR count). The molecule has 2 aromatic heterocycles. The van der Waals surface area contributed by atoms with Crippen molar-refractivity contribution >= 4 is 22.4 Å². The van der Waals surface area contributed by atoms with Gasteiger partial charge in [-0.2, -0.15) is 0 Å². The van der Waals surface area contributed by atoms with Crippen LogP contribution in [0.4, 0.5) is 0 Å². The number of thiazole rings is 1. The van der Waals surface area contributed by atoms with Gasteiger partial charge in [0.25, 0.3) is 0 Å². The lowest BCUT2D eigenvalue weighted by Crippen LogP contribution is -1.94. The Labute approximate surface area is 102 Å². The Morgan fingerprint density at radius 1 is 1.35 bits per heavy atom. The minimum Gasteiger partial charge on any atom is -0.435 e. The van der Waals surface area contributed by atoms with Crippen LogP contribution in [-0.2, 0) is 6.54 Å². The van der Waals surface area contributed by atoms with Crippen LogP contribution in [0.15, 0.2) is 28.0 Å². The molecule has 2 N–H and O–H groups in total. The number of oxazole rings is 1. The summed E-state index contributed by atoms with van der Waals surface area (Å²) in [4.78, 5) is 8.78. The molecule has 0 radical (unpaired) electrons. The van der Waals surface area contributed by atoms with Gasteiger partial charge >= 0.3 is 0 Å². The predicted molar refractivity (Wildman–Crippen MR) is 67.7 cm³/mol. The molecule has 0 unspecified atom stereocenters. The number of hydrogen-bond acceptors (Lipinski definition) is 5. The summed E-state index contributed by atoms with van der Waals surface area (Å²) in [5.74, 6) is 0.557. The number of fused-ring (bicyclic) bond motifs is 1. The average Bonchev–Trinajstić information content (AvgIpc) is 2.93. The van der Waals surface area contributed by atoms with Gasteiger partial charge in [-0.15, -0.1) is 11.3 Å². The van der Waals surface area contributed by atoms with E-state index in [1.165, 1.54) is 16.9 Å². The Bertz CT molecular complexity index is 671. The molecular weight excluding hydrogens is 234 g/mol. The number of nitrogens with two attached hydrogens (primary N) is 1. The fraction of sp³-hybridized carbons (Fsp3) is 0.167. The van der Waals surface area contributed by atoms with Crippen LogP contribution in [0.5, 0.6) is 0 Å². The highest BCUT2D eigenvalue weighted by molar-refractivity contribution is 7.09. The molecule has 1 aromatic carbocycles. The van der Waals surface area contributed by atoms with Crippen molar-refractivity contribution in [3.05, 3.63) is 34.2 Å². The Kier molecular flexibility index (Phi) is 2.42. The third-order valence-corrected chi connectivity index (χ3v) is 3.36. The third-order valence-electron chi connectivity index (χ3n) is 2.49. The largest absolute Gasteiger partial charge is 0.435 e. The Balaban J connectivity index is 2.11. The molecule has 5 heteroatoms. The normalized spacial score (nSPS) is 11.2. The molecule has 0 aliphatic rings. The SMILES string of the molecule is Cc1ccc2oc(-c3csc(CN)n3)nc2c1. The lowest BCUT2D eigenvalue weighted by Gasteiger charge is -1.87. The van der Waals surface area contributed by atoms with E-state index in [9.17, 15) is 0 Å². The smallest absolute Gasteiger partial charge is 0.247 e. The average molecular weight is 245 g/mol. The number of benzene rings is 1. The fourth-order valence-corrected chi connectivity index (χ4v) is 2.30. The molecule has 0 saturated heterocycles. The van der Waals surface area contributed by atoms with Gasteiger partial charge in [0, 0.05) is 11.9 Å². The Morgan fingerprint density at radius 3 is 3.00 bits per heavy atom. The minimum atomic E-state index is 0.448. The number of nitrogens with zero attached hydrogens (tertiary/aromatic N) is 2. The summed E-state index contributed by atoms with van der Waals surface area (Å²) >= 11 is 1.52. The van der Waals surface area contributed by atoms with Crippen molar-refractivity contribution in [1.29, 1.82) is 0 Å². The van der Waals surface area contributed by atoms with E-state index in [1.807, 2.05) is 30.5 Å². The van der Waals surface area contributed by atoms with E-state index in [0.717, 1.165) is 21.8 Å². The van der Waals surface area contributed by atoms with Crippen LogP contribution in [-0.4, -0.2) is 9.97 Å². The van der Waals surface area contributed by atoms with Gasteiger partial charge in [-0.25, -0.2) is 9.97 Å². The van der Waals surface area contributed by atoms with Crippen molar-refractivity contribution in [2.24, 2.45) is 5.73 Å². The number of aromatic nitrogens is 2. The quantitative estimate of drug-likeness (QED) is 0.754. The van der Waals surface area contributed by atoms with E-state index in [1.54, 1.807) is 0 Å². The Hall–Kier alpha value is -1.72. The highest BCUT2D eigenvalue weighted by Gasteiger charge is 2.11.